The maximum absolute atomic E-state index is 12.4. The zero-order chi connectivity index (χ0) is 25.0. The van der Waals surface area contributed by atoms with E-state index in [1.165, 1.54) is 12.8 Å². The minimum Gasteiger partial charge on any atom is -0.494 e. The number of anilines is 1. The van der Waals surface area contributed by atoms with E-state index in [0.29, 0.717) is 34.7 Å². The Hall–Kier alpha value is -4.13. The fraction of sp³-hybridized carbons (Fsp3) is 0.250. The van der Waals surface area contributed by atoms with Crippen molar-refractivity contribution in [1.29, 1.82) is 0 Å². The molecule has 0 aromatic heterocycles. The van der Waals surface area contributed by atoms with Crippen molar-refractivity contribution in [3.63, 3.8) is 0 Å². The summed E-state index contributed by atoms with van der Waals surface area (Å²) in [6.45, 7) is 4.73. The molecule has 0 bridgehead atoms. The van der Waals surface area contributed by atoms with Crippen LogP contribution in [0.15, 0.2) is 72.8 Å². The molecule has 0 saturated carbocycles. The molecule has 3 aromatic carbocycles. The number of carbonyl (C=O) groups excluding carboxylic acids is 3. The monoisotopic (exact) mass is 473 g/mol. The molecule has 0 aliphatic rings. The highest BCUT2D eigenvalue weighted by Gasteiger charge is 2.11. The maximum atomic E-state index is 12.4. The summed E-state index contributed by atoms with van der Waals surface area (Å²) >= 11 is 0. The van der Waals surface area contributed by atoms with Gasteiger partial charge in [0.25, 0.3) is 17.7 Å². The maximum Gasteiger partial charge on any atom is 0.269 e. The van der Waals surface area contributed by atoms with Crippen LogP contribution in [0.4, 0.5) is 5.69 Å². The van der Waals surface area contributed by atoms with Gasteiger partial charge in [0.1, 0.15) is 5.75 Å². The van der Waals surface area contributed by atoms with E-state index in [2.05, 4.69) is 23.1 Å². The van der Waals surface area contributed by atoms with Gasteiger partial charge in [-0.25, -0.2) is 0 Å². The van der Waals surface area contributed by atoms with Gasteiger partial charge in [-0.2, -0.15) is 0 Å². The normalized spacial score (nSPS) is 10.3. The molecule has 0 saturated heterocycles. The Bertz CT molecular complexity index is 1140. The van der Waals surface area contributed by atoms with Gasteiger partial charge in [0.2, 0.25) is 0 Å². The fourth-order valence-corrected chi connectivity index (χ4v) is 3.37. The molecular weight excluding hydrogens is 442 g/mol. The number of hydrazine groups is 1. The molecule has 3 rings (SSSR count). The van der Waals surface area contributed by atoms with Gasteiger partial charge in [0.15, 0.2) is 0 Å². The summed E-state index contributed by atoms with van der Waals surface area (Å²) in [7, 11) is 0. The molecule has 0 aliphatic carbocycles. The van der Waals surface area contributed by atoms with Gasteiger partial charge in [0.05, 0.1) is 6.61 Å². The highest BCUT2D eigenvalue weighted by Crippen LogP contribution is 2.14. The number of rotatable bonds is 10. The zero-order valence-corrected chi connectivity index (χ0v) is 20.1. The molecule has 0 heterocycles. The number of ether oxygens (including phenoxy) is 1. The van der Waals surface area contributed by atoms with Crippen LogP contribution in [-0.2, 0) is 0 Å². The molecule has 3 amide bonds. The largest absolute Gasteiger partial charge is 0.494 e. The lowest BCUT2D eigenvalue weighted by atomic mass is 10.1. The van der Waals surface area contributed by atoms with E-state index in [4.69, 9.17) is 4.74 Å². The Labute approximate surface area is 205 Å². The number of aryl methyl sites for hydroxylation is 1. The summed E-state index contributed by atoms with van der Waals surface area (Å²) in [6, 6.07) is 20.4. The molecule has 35 heavy (non-hydrogen) atoms. The summed E-state index contributed by atoms with van der Waals surface area (Å²) in [5, 5.41) is 2.80. The highest BCUT2D eigenvalue weighted by atomic mass is 16.5. The highest BCUT2D eigenvalue weighted by molar-refractivity contribution is 6.05. The van der Waals surface area contributed by atoms with Gasteiger partial charge < -0.3 is 10.1 Å². The molecule has 7 heteroatoms. The predicted octanol–water partition coefficient (Wildman–Crippen LogP) is 5.28. The number of amides is 3. The first-order valence-corrected chi connectivity index (χ1v) is 11.8. The second-order valence-electron chi connectivity index (χ2n) is 8.24. The van der Waals surface area contributed by atoms with E-state index in [0.717, 1.165) is 18.4 Å². The SMILES string of the molecule is CCCCCCOc1ccc(C(=O)NNC(=O)c2ccc(NC(=O)c3cccc(C)c3)cc2)cc1. The Kier molecular flexibility index (Phi) is 9.42. The summed E-state index contributed by atoms with van der Waals surface area (Å²) in [6.07, 6.45) is 4.52. The van der Waals surface area contributed by atoms with Gasteiger partial charge >= 0.3 is 0 Å². The minimum absolute atomic E-state index is 0.230. The van der Waals surface area contributed by atoms with Crippen LogP contribution in [0.1, 0.15) is 69.2 Å². The first-order chi connectivity index (χ1) is 17.0. The van der Waals surface area contributed by atoms with Crippen LogP contribution < -0.4 is 20.9 Å². The number of unbranched alkanes of at least 4 members (excludes halogenated alkanes) is 3. The molecule has 0 aliphatic heterocycles. The van der Waals surface area contributed by atoms with Crippen LogP contribution >= 0.6 is 0 Å². The Morgan fingerprint density at radius 3 is 1.94 bits per heavy atom. The first-order valence-electron chi connectivity index (χ1n) is 11.8. The Balaban J connectivity index is 1.45. The van der Waals surface area contributed by atoms with Gasteiger partial charge in [-0.1, -0.05) is 43.9 Å². The predicted molar refractivity (Wildman–Crippen MR) is 137 cm³/mol. The third-order valence-electron chi connectivity index (χ3n) is 5.36. The lowest BCUT2D eigenvalue weighted by molar-refractivity contribution is 0.0846. The summed E-state index contributed by atoms with van der Waals surface area (Å²) in [5.41, 5.74) is 7.66. The number of hydrogen-bond acceptors (Lipinski definition) is 4. The molecule has 0 radical (unpaired) electrons. The van der Waals surface area contributed by atoms with E-state index >= 15 is 0 Å². The van der Waals surface area contributed by atoms with Crippen molar-refractivity contribution in [2.75, 3.05) is 11.9 Å². The second kappa shape index (κ2) is 12.9. The smallest absolute Gasteiger partial charge is 0.269 e. The number of carbonyl (C=O) groups is 3. The van der Waals surface area contributed by atoms with Crippen molar-refractivity contribution in [3.8, 4) is 5.75 Å². The van der Waals surface area contributed by atoms with Crippen molar-refractivity contribution in [1.82, 2.24) is 10.9 Å². The van der Waals surface area contributed by atoms with Gasteiger partial charge in [-0.3, -0.25) is 25.2 Å². The number of hydrogen-bond donors (Lipinski definition) is 3. The average molecular weight is 474 g/mol. The average Bonchev–Trinajstić information content (AvgIpc) is 2.87. The second-order valence-corrected chi connectivity index (χ2v) is 8.24. The molecule has 0 atom stereocenters. The van der Waals surface area contributed by atoms with Crippen LogP contribution in [0.25, 0.3) is 0 Å². The van der Waals surface area contributed by atoms with Crippen LogP contribution in [0, 0.1) is 6.92 Å². The van der Waals surface area contributed by atoms with E-state index in [9.17, 15) is 14.4 Å². The van der Waals surface area contributed by atoms with Crippen LogP contribution in [0.3, 0.4) is 0 Å². The van der Waals surface area contributed by atoms with Gasteiger partial charge in [0, 0.05) is 22.4 Å². The lowest BCUT2D eigenvalue weighted by Gasteiger charge is -2.10. The van der Waals surface area contributed by atoms with Crippen LogP contribution in [0.5, 0.6) is 5.75 Å². The van der Waals surface area contributed by atoms with Crippen molar-refractivity contribution < 1.29 is 19.1 Å². The fourth-order valence-electron chi connectivity index (χ4n) is 3.37. The molecule has 0 unspecified atom stereocenters. The van der Waals surface area contributed by atoms with Crippen molar-refractivity contribution >= 4 is 23.4 Å². The topological polar surface area (TPSA) is 96.5 Å². The molecular formula is C28H31N3O4. The standard InChI is InChI=1S/C28H31N3O4/c1-3-4-5-6-18-35-25-16-12-22(13-17-25)28(34)31-30-27(33)21-10-14-24(15-11-21)29-26(32)23-9-7-8-20(2)19-23/h7-17,19H,3-6,18H2,1-2H3,(H,29,32)(H,30,33)(H,31,34). The van der Waals surface area contributed by atoms with E-state index in [1.54, 1.807) is 60.7 Å². The first kappa shape index (κ1) is 25.5. The zero-order valence-electron chi connectivity index (χ0n) is 20.1. The van der Waals surface area contributed by atoms with Crippen molar-refractivity contribution in [3.05, 3.63) is 95.1 Å². The molecule has 3 N–H and O–H groups in total. The van der Waals surface area contributed by atoms with E-state index < -0.39 is 11.8 Å². The quantitative estimate of drug-likeness (QED) is 0.276. The van der Waals surface area contributed by atoms with Crippen LogP contribution in [-0.4, -0.2) is 24.3 Å². The molecule has 182 valence electrons. The van der Waals surface area contributed by atoms with Crippen LogP contribution in [0.2, 0.25) is 0 Å². The van der Waals surface area contributed by atoms with Gasteiger partial charge in [-0.15, -0.1) is 0 Å². The lowest BCUT2D eigenvalue weighted by Crippen LogP contribution is -2.41. The Morgan fingerprint density at radius 1 is 0.714 bits per heavy atom. The summed E-state index contributed by atoms with van der Waals surface area (Å²) in [4.78, 5) is 37.1. The minimum atomic E-state index is -0.470. The summed E-state index contributed by atoms with van der Waals surface area (Å²) < 4.78 is 5.68. The molecule has 0 fully saturated rings. The van der Waals surface area contributed by atoms with Gasteiger partial charge in [-0.05, 0) is 74.0 Å². The third-order valence-corrected chi connectivity index (χ3v) is 5.36. The van der Waals surface area contributed by atoms with Crippen molar-refractivity contribution in [2.24, 2.45) is 0 Å². The molecule has 0 spiro atoms. The van der Waals surface area contributed by atoms with E-state index in [1.807, 2.05) is 19.1 Å². The molecule has 3 aromatic rings. The Morgan fingerprint density at radius 2 is 1.34 bits per heavy atom. The summed E-state index contributed by atoms with van der Waals surface area (Å²) in [5.74, 6) is -0.431. The van der Waals surface area contributed by atoms with E-state index in [-0.39, 0.29) is 5.91 Å². The number of benzene rings is 3. The number of nitrogens with one attached hydrogen (secondary N) is 3. The molecule has 7 nitrogen and oxygen atoms in total. The third kappa shape index (κ3) is 7.99. The van der Waals surface area contributed by atoms with Crippen molar-refractivity contribution in [2.45, 2.75) is 39.5 Å².